The summed E-state index contributed by atoms with van der Waals surface area (Å²) in [6, 6.07) is 71.1. The minimum absolute atomic E-state index is 1.15. The fourth-order valence-electron chi connectivity index (χ4n) is 8.82. The van der Waals surface area contributed by atoms with E-state index in [0.29, 0.717) is 0 Å². The second-order valence-electron chi connectivity index (χ2n) is 14.1. The van der Waals surface area contributed by atoms with Gasteiger partial charge in [0.15, 0.2) is 0 Å². The molecular formula is C52H33N. The summed E-state index contributed by atoms with van der Waals surface area (Å²) >= 11 is 0. The molecule has 11 aromatic rings. The second-order valence-corrected chi connectivity index (χ2v) is 14.1. The van der Waals surface area contributed by atoms with Crippen molar-refractivity contribution < 1.29 is 0 Å². The van der Waals surface area contributed by atoms with Crippen LogP contribution in [0.15, 0.2) is 194 Å². The summed E-state index contributed by atoms with van der Waals surface area (Å²) in [6.07, 6.45) is 0. The van der Waals surface area contributed by atoms with Gasteiger partial charge in [-0.3, -0.25) is 0 Å². The molecule has 0 aliphatic heterocycles. The molecule has 1 aromatic heterocycles. The molecule has 246 valence electrons. The quantitative estimate of drug-likeness (QED) is 0.142. The molecule has 0 atom stereocenters. The van der Waals surface area contributed by atoms with Gasteiger partial charge in [-0.15, -0.1) is 0 Å². The Labute approximate surface area is 307 Å². The molecule has 0 aliphatic rings. The largest absolute Gasteiger partial charge is 0.354 e. The van der Waals surface area contributed by atoms with Crippen LogP contribution in [0.3, 0.4) is 0 Å². The highest BCUT2D eigenvalue weighted by Crippen LogP contribution is 2.45. The summed E-state index contributed by atoms with van der Waals surface area (Å²) in [7, 11) is 0. The summed E-state index contributed by atoms with van der Waals surface area (Å²) in [5.74, 6) is 0. The average Bonchev–Trinajstić information content (AvgIpc) is 3.63. The van der Waals surface area contributed by atoms with Crippen molar-refractivity contribution in [2.45, 2.75) is 0 Å². The Bertz CT molecular complexity index is 3160. The molecule has 0 aliphatic carbocycles. The lowest BCUT2D eigenvalue weighted by atomic mass is 9.85. The Balaban J connectivity index is 1.10. The number of fused-ring (bicyclic) bond motifs is 10. The van der Waals surface area contributed by atoms with Gasteiger partial charge in [0, 0.05) is 21.7 Å². The molecule has 0 bridgehead atoms. The minimum Gasteiger partial charge on any atom is -0.354 e. The number of benzene rings is 10. The molecule has 0 saturated heterocycles. The molecule has 1 heteroatoms. The first-order valence-electron chi connectivity index (χ1n) is 18.4. The predicted octanol–water partition coefficient (Wildman–Crippen LogP) is 14.6. The van der Waals surface area contributed by atoms with Crippen LogP contribution in [-0.2, 0) is 0 Å². The highest BCUT2D eigenvalue weighted by Gasteiger charge is 2.18. The maximum atomic E-state index is 3.85. The van der Waals surface area contributed by atoms with Crippen molar-refractivity contribution in [3.63, 3.8) is 0 Å². The highest BCUT2D eigenvalue weighted by molar-refractivity contribution is 6.31. The van der Waals surface area contributed by atoms with Crippen LogP contribution in [0.2, 0.25) is 0 Å². The molecule has 53 heavy (non-hydrogen) atoms. The van der Waals surface area contributed by atoms with E-state index in [4.69, 9.17) is 0 Å². The van der Waals surface area contributed by atoms with Gasteiger partial charge in [-0.05, 0) is 100 Å². The van der Waals surface area contributed by atoms with Gasteiger partial charge in [-0.25, -0.2) is 0 Å². The summed E-state index contributed by atoms with van der Waals surface area (Å²) in [5.41, 5.74) is 12.2. The summed E-state index contributed by atoms with van der Waals surface area (Å²) < 4.78 is 0. The van der Waals surface area contributed by atoms with Gasteiger partial charge < -0.3 is 4.98 Å². The number of hydrogen-bond donors (Lipinski definition) is 1. The van der Waals surface area contributed by atoms with E-state index >= 15 is 0 Å². The SMILES string of the molecule is c1ccc(-c2cccc(-c3c4ccccc4c(-c4cccc(-c5ccc6c(c5)[nH]c5c7ccccc7c7ccccc7c65)c4)c4ccccc34)c2)cc1. The zero-order valence-corrected chi connectivity index (χ0v) is 29.0. The van der Waals surface area contributed by atoms with Gasteiger partial charge >= 0.3 is 0 Å². The van der Waals surface area contributed by atoms with Gasteiger partial charge in [0.25, 0.3) is 0 Å². The fourth-order valence-corrected chi connectivity index (χ4v) is 8.82. The normalized spacial score (nSPS) is 11.8. The smallest absolute Gasteiger partial charge is 0.0551 e. The van der Waals surface area contributed by atoms with E-state index in [1.165, 1.54) is 104 Å². The maximum absolute atomic E-state index is 3.85. The topological polar surface area (TPSA) is 15.8 Å². The van der Waals surface area contributed by atoms with Gasteiger partial charge in [-0.2, -0.15) is 0 Å². The van der Waals surface area contributed by atoms with Gasteiger partial charge in [0.1, 0.15) is 0 Å². The molecule has 11 rings (SSSR count). The van der Waals surface area contributed by atoms with Crippen LogP contribution < -0.4 is 0 Å². The molecule has 0 amide bonds. The predicted molar refractivity (Wildman–Crippen MR) is 228 cm³/mol. The van der Waals surface area contributed by atoms with Crippen molar-refractivity contribution in [1.29, 1.82) is 0 Å². The first kappa shape index (κ1) is 29.7. The Morgan fingerprint density at radius 1 is 0.245 bits per heavy atom. The van der Waals surface area contributed by atoms with Crippen molar-refractivity contribution in [2.24, 2.45) is 0 Å². The lowest BCUT2D eigenvalue weighted by molar-refractivity contribution is 1.55. The van der Waals surface area contributed by atoms with E-state index in [9.17, 15) is 0 Å². The summed E-state index contributed by atoms with van der Waals surface area (Å²) in [6.45, 7) is 0. The first-order valence-corrected chi connectivity index (χ1v) is 18.4. The Morgan fingerprint density at radius 2 is 0.660 bits per heavy atom. The van der Waals surface area contributed by atoms with E-state index in [1.807, 2.05) is 0 Å². The molecule has 0 spiro atoms. The third-order valence-corrected chi connectivity index (χ3v) is 11.2. The summed E-state index contributed by atoms with van der Waals surface area (Å²) in [5, 5.41) is 12.7. The monoisotopic (exact) mass is 671 g/mol. The van der Waals surface area contributed by atoms with Gasteiger partial charge in [-0.1, -0.05) is 176 Å². The van der Waals surface area contributed by atoms with Gasteiger partial charge in [0.2, 0.25) is 0 Å². The number of aromatic amines is 1. The lowest BCUT2D eigenvalue weighted by Crippen LogP contribution is -1.91. The third-order valence-electron chi connectivity index (χ3n) is 11.2. The first-order chi connectivity index (χ1) is 26.3. The van der Waals surface area contributed by atoms with E-state index in [0.717, 1.165) is 5.52 Å². The highest BCUT2D eigenvalue weighted by atomic mass is 14.7. The molecule has 0 unspecified atom stereocenters. The maximum Gasteiger partial charge on any atom is 0.0551 e. The second kappa shape index (κ2) is 11.8. The van der Waals surface area contributed by atoms with Crippen molar-refractivity contribution in [3.8, 4) is 44.5 Å². The molecule has 1 heterocycles. The standard InChI is InChI=1S/C52H33N/c1-2-14-33(15-3-1)34-16-12-18-37(30-34)49-42-23-7-9-25-44(42)50(45-26-10-8-24-43(45)49)38-19-13-17-35(31-38)36-28-29-47-48(32-36)53-52-46-27-11-5-21-40(46)39-20-4-6-22-41(39)51(47)52/h1-32,53H. The molecule has 1 N–H and O–H groups in total. The Kier molecular flexibility index (Phi) is 6.62. The third kappa shape index (κ3) is 4.64. The minimum atomic E-state index is 1.15. The summed E-state index contributed by atoms with van der Waals surface area (Å²) in [4.78, 5) is 3.85. The van der Waals surface area contributed by atoms with Crippen molar-refractivity contribution in [1.82, 2.24) is 4.98 Å². The van der Waals surface area contributed by atoms with E-state index in [1.54, 1.807) is 0 Å². The average molecular weight is 672 g/mol. The van der Waals surface area contributed by atoms with E-state index < -0.39 is 0 Å². The van der Waals surface area contributed by atoms with Crippen LogP contribution in [0, 0.1) is 0 Å². The van der Waals surface area contributed by atoms with Crippen LogP contribution >= 0.6 is 0 Å². The molecule has 0 saturated carbocycles. The van der Waals surface area contributed by atoms with Crippen LogP contribution in [0.5, 0.6) is 0 Å². The number of aromatic nitrogens is 1. The molecule has 1 nitrogen and oxygen atoms in total. The number of nitrogens with one attached hydrogen (secondary N) is 1. The number of hydrogen-bond acceptors (Lipinski definition) is 0. The Morgan fingerprint density at radius 3 is 1.25 bits per heavy atom. The van der Waals surface area contributed by atoms with Crippen LogP contribution in [-0.4, -0.2) is 4.98 Å². The molecular weight excluding hydrogens is 639 g/mol. The van der Waals surface area contributed by atoms with E-state index in [2.05, 4.69) is 199 Å². The zero-order chi connectivity index (χ0) is 34.9. The molecule has 10 aromatic carbocycles. The number of rotatable bonds is 4. The number of H-pyrrole nitrogens is 1. The molecule has 0 radical (unpaired) electrons. The molecule has 0 fully saturated rings. The lowest BCUT2D eigenvalue weighted by Gasteiger charge is -2.18. The van der Waals surface area contributed by atoms with Crippen LogP contribution in [0.25, 0.3) is 109 Å². The van der Waals surface area contributed by atoms with Crippen molar-refractivity contribution >= 4 is 64.9 Å². The zero-order valence-electron chi connectivity index (χ0n) is 29.0. The van der Waals surface area contributed by atoms with E-state index in [-0.39, 0.29) is 0 Å². The van der Waals surface area contributed by atoms with Crippen LogP contribution in [0.4, 0.5) is 0 Å². The van der Waals surface area contributed by atoms with Crippen LogP contribution in [0.1, 0.15) is 0 Å². The van der Waals surface area contributed by atoms with Gasteiger partial charge in [0.05, 0.1) is 5.52 Å². The Hall–Kier alpha value is -6.96. The van der Waals surface area contributed by atoms with Crippen molar-refractivity contribution in [3.05, 3.63) is 194 Å². The van der Waals surface area contributed by atoms with Crippen molar-refractivity contribution in [2.75, 3.05) is 0 Å². The fraction of sp³-hybridized carbons (Fsp3) is 0.